The number of nitriles is 1. The fraction of sp³-hybridized carbons (Fsp3) is 0.238. The minimum Gasteiger partial charge on any atom is -0.393 e. The van der Waals surface area contributed by atoms with Gasteiger partial charge in [0.25, 0.3) is 5.56 Å². The molecule has 0 amide bonds. The van der Waals surface area contributed by atoms with E-state index in [9.17, 15) is 15.2 Å². The fourth-order valence-corrected chi connectivity index (χ4v) is 3.62. The lowest BCUT2D eigenvalue weighted by Gasteiger charge is -2.40. The van der Waals surface area contributed by atoms with Gasteiger partial charge in [0.15, 0.2) is 0 Å². The number of para-hydroxylation sites is 1. The summed E-state index contributed by atoms with van der Waals surface area (Å²) in [5.74, 6) is 0. The summed E-state index contributed by atoms with van der Waals surface area (Å²) < 4.78 is 0. The van der Waals surface area contributed by atoms with Gasteiger partial charge >= 0.3 is 0 Å². The van der Waals surface area contributed by atoms with Crippen LogP contribution in [0.25, 0.3) is 10.9 Å². The monoisotopic (exact) mass is 330 g/mol. The van der Waals surface area contributed by atoms with Crippen LogP contribution in [0.1, 0.15) is 29.5 Å². The Balaban J connectivity index is 1.61. The maximum absolute atomic E-state index is 12.3. The minimum atomic E-state index is -0.557. The van der Waals surface area contributed by atoms with Crippen molar-refractivity contribution in [1.82, 2.24) is 4.98 Å². The highest BCUT2D eigenvalue weighted by Crippen LogP contribution is 2.43. The highest BCUT2D eigenvalue weighted by Gasteiger charge is 2.45. The van der Waals surface area contributed by atoms with E-state index in [0.29, 0.717) is 19.3 Å². The van der Waals surface area contributed by atoms with Crippen molar-refractivity contribution in [2.24, 2.45) is 0 Å². The van der Waals surface area contributed by atoms with Crippen molar-refractivity contribution in [2.75, 3.05) is 0 Å². The quantitative estimate of drug-likeness (QED) is 0.775. The maximum Gasteiger partial charge on any atom is 0.251 e. The maximum atomic E-state index is 12.3. The number of aromatic nitrogens is 1. The number of aromatic amines is 1. The van der Waals surface area contributed by atoms with Crippen molar-refractivity contribution in [3.8, 4) is 6.07 Å². The van der Waals surface area contributed by atoms with Crippen LogP contribution in [0.2, 0.25) is 0 Å². The molecule has 2 aromatic carbocycles. The summed E-state index contributed by atoms with van der Waals surface area (Å²) in [5, 5.41) is 20.0. The minimum absolute atomic E-state index is 0.0709. The van der Waals surface area contributed by atoms with Gasteiger partial charge in [-0.1, -0.05) is 42.5 Å². The summed E-state index contributed by atoms with van der Waals surface area (Å²) in [7, 11) is 0. The predicted octanol–water partition coefficient (Wildman–Crippen LogP) is 3.03. The molecule has 3 aromatic rings. The number of H-pyrrole nitrogens is 1. The highest BCUT2D eigenvalue weighted by molar-refractivity contribution is 5.78. The molecule has 124 valence electrons. The Morgan fingerprint density at radius 2 is 1.88 bits per heavy atom. The lowest BCUT2D eigenvalue weighted by Crippen LogP contribution is -2.43. The zero-order valence-electron chi connectivity index (χ0n) is 13.7. The molecule has 1 saturated carbocycles. The molecule has 0 radical (unpaired) electrons. The standard InChI is InChI=1S/C21H18N2O2/c22-13-21(11-18(24)12-21)17-7-5-14(6-8-17)9-16-10-15-3-1-2-4-19(15)23-20(16)25/h1-8,10,18,24H,9,11-12H2,(H,23,25). The van der Waals surface area contributed by atoms with E-state index in [-0.39, 0.29) is 11.7 Å². The van der Waals surface area contributed by atoms with Gasteiger partial charge < -0.3 is 10.1 Å². The van der Waals surface area contributed by atoms with Gasteiger partial charge in [0, 0.05) is 17.5 Å². The third-order valence-electron chi connectivity index (χ3n) is 5.11. The first-order valence-electron chi connectivity index (χ1n) is 8.39. The molecule has 4 heteroatoms. The Hall–Kier alpha value is -2.90. The summed E-state index contributed by atoms with van der Waals surface area (Å²) in [5.41, 5.74) is 2.90. The summed E-state index contributed by atoms with van der Waals surface area (Å²) in [4.78, 5) is 15.2. The molecule has 0 bridgehead atoms. The van der Waals surface area contributed by atoms with Crippen molar-refractivity contribution in [2.45, 2.75) is 30.8 Å². The van der Waals surface area contributed by atoms with Crippen LogP contribution < -0.4 is 5.56 Å². The molecule has 25 heavy (non-hydrogen) atoms. The molecule has 0 spiro atoms. The number of nitrogens with one attached hydrogen (secondary N) is 1. The first-order valence-corrected chi connectivity index (χ1v) is 8.39. The fourth-order valence-electron chi connectivity index (χ4n) is 3.62. The van der Waals surface area contributed by atoms with Crippen LogP contribution in [0, 0.1) is 11.3 Å². The van der Waals surface area contributed by atoms with Crippen molar-refractivity contribution < 1.29 is 5.11 Å². The Morgan fingerprint density at radius 3 is 2.56 bits per heavy atom. The number of hydrogen-bond acceptors (Lipinski definition) is 3. The van der Waals surface area contributed by atoms with Gasteiger partial charge in [0.1, 0.15) is 0 Å². The molecule has 1 heterocycles. The first kappa shape index (κ1) is 15.6. The van der Waals surface area contributed by atoms with E-state index in [1.165, 1.54) is 0 Å². The molecule has 1 aromatic heterocycles. The zero-order chi connectivity index (χ0) is 17.4. The van der Waals surface area contributed by atoms with Gasteiger partial charge in [-0.3, -0.25) is 4.79 Å². The summed E-state index contributed by atoms with van der Waals surface area (Å²) in [6.45, 7) is 0. The van der Waals surface area contributed by atoms with Crippen LogP contribution in [0.4, 0.5) is 0 Å². The van der Waals surface area contributed by atoms with Crippen molar-refractivity contribution >= 4 is 10.9 Å². The number of rotatable bonds is 3. The lowest BCUT2D eigenvalue weighted by atomic mass is 9.64. The van der Waals surface area contributed by atoms with Crippen LogP contribution in [-0.2, 0) is 11.8 Å². The molecule has 2 N–H and O–H groups in total. The van der Waals surface area contributed by atoms with E-state index in [2.05, 4.69) is 11.1 Å². The van der Waals surface area contributed by atoms with E-state index in [1.807, 2.05) is 54.6 Å². The second kappa shape index (κ2) is 5.87. The van der Waals surface area contributed by atoms with Gasteiger partial charge in [0.2, 0.25) is 0 Å². The number of hydrogen-bond donors (Lipinski definition) is 2. The molecule has 4 nitrogen and oxygen atoms in total. The Morgan fingerprint density at radius 1 is 1.16 bits per heavy atom. The Labute approximate surface area is 145 Å². The predicted molar refractivity (Wildman–Crippen MR) is 96.3 cm³/mol. The number of benzene rings is 2. The van der Waals surface area contributed by atoms with Crippen molar-refractivity contribution in [1.29, 1.82) is 5.26 Å². The van der Waals surface area contributed by atoms with Crippen LogP contribution in [0.5, 0.6) is 0 Å². The van der Waals surface area contributed by atoms with Gasteiger partial charge in [-0.15, -0.1) is 0 Å². The summed E-state index contributed by atoms with van der Waals surface area (Å²) >= 11 is 0. The highest BCUT2D eigenvalue weighted by atomic mass is 16.3. The van der Waals surface area contributed by atoms with E-state index in [4.69, 9.17) is 0 Å². The second-order valence-corrected chi connectivity index (χ2v) is 6.84. The molecule has 1 aliphatic carbocycles. The normalized spacial score (nSPS) is 22.3. The largest absolute Gasteiger partial charge is 0.393 e. The number of nitrogens with zero attached hydrogens (tertiary/aromatic N) is 1. The van der Waals surface area contributed by atoms with E-state index in [1.54, 1.807) is 0 Å². The Bertz CT molecular complexity index is 1020. The van der Waals surface area contributed by atoms with Crippen molar-refractivity contribution in [3.05, 3.63) is 81.6 Å². The molecule has 4 rings (SSSR count). The van der Waals surface area contributed by atoms with Crippen LogP contribution in [0.3, 0.4) is 0 Å². The molecule has 0 atom stereocenters. The molecule has 1 aliphatic rings. The van der Waals surface area contributed by atoms with Gasteiger partial charge in [0.05, 0.1) is 17.6 Å². The summed E-state index contributed by atoms with van der Waals surface area (Å²) in [6.07, 6.45) is 1.15. The van der Waals surface area contributed by atoms with E-state index < -0.39 is 5.41 Å². The van der Waals surface area contributed by atoms with Crippen LogP contribution in [-0.4, -0.2) is 16.2 Å². The molecule has 0 aliphatic heterocycles. The van der Waals surface area contributed by atoms with Crippen LogP contribution >= 0.6 is 0 Å². The molecule has 0 unspecified atom stereocenters. The Kier molecular flexibility index (Phi) is 3.67. The first-order chi connectivity index (χ1) is 12.1. The van der Waals surface area contributed by atoms with Gasteiger partial charge in [-0.2, -0.15) is 5.26 Å². The second-order valence-electron chi connectivity index (χ2n) is 6.84. The van der Waals surface area contributed by atoms with Gasteiger partial charge in [-0.25, -0.2) is 0 Å². The zero-order valence-corrected chi connectivity index (χ0v) is 13.7. The van der Waals surface area contributed by atoms with Crippen LogP contribution in [0.15, 0.2) is 59.4 Å². The average molecular weight is 330 g/mol. The number of pyridine rings is 1. The average Bonchev–Trinajstić information content (AvgIpc) is 2.60. The molecule has 1 fully saturated rings. The van der Waals surface area contributed by atoms with Crippen molar-refractivity contribution in [3.63, 3.8) is 0 Å². The van der Waals surface area contributed by atoms with Gasteiger partial charge in [-0.05, 0) is 41.5 Å². The topological polar surface area (TPSA) is 76.9 Å². The molecular weight excluding hydrogens is 312 g/mol. The number of fused-ring (bicyclic) bond motifs is 1. The molecule has 0 saturated heterocycles. The third kappa shape index (κ3) is 2.73. The number of aliphatic hydroxyl groups excluding tert-OH is 1. The van der Waals surface area contributed by atoms with E-state index in [0.717, 1.165) is 27.6 Å². The van der Waals surface area contributed by atoms with E-state index >= 15 is 0 Å². The smallest absolute Gasteiger partial charge is 0.251 e. The number of aliphatic hydroxyl groups is 1. The summed E-state index contributed by atoms with van der Waals surface area (Å²) in [6, 6.07) is 19.8. The molecular formula is C21H18N2O2. The third-order valence-corrected chi connectivity index (χ3v) is 5.11. The lowest BCUT2D eigenvalue weighted by molar-refractivity contribution is 0.0447. The SMILES string of the molecule is N#CC1(c2ccc(Cc3cc4ccccc4[nH]c3=O)cc2)CC(O)C1.